The quantitative estimate of drug-likeness (QED) is 0.551. The number of fused-ring (bicyclic) bond motifs is 1. The first-order valence-corrected chi connectivity index (χ1v) is 14.5. The fraction of sp³-hybridized carbons (Fsp3) is 0.562. The normalized spacial score (nSPS) is 24.8. The van der Waals surface area contributed by atoms with Crippen molar-refractivity contribution < 1.29 is 14.3 Å². The number of hydrogen-bond acceptors (Lipinski definition) is 6. The second-order valence-electron chi connectivity index (χ2n) is 12.3. The molecular weight excluding hydrogens is 504 g/mol. The molecule has 3 aliphatic rings. The number of nitrogens with zero attached hydrogens (tertiary/aromatic N) is 2. The summed E-state index contributed by atoms with van der Waals surface area (Å²) < 4.78 is 13.5. The van der Waals surface area contributed by atoms with Gasteiger partial charge in [0.15, 0.2) is 11.5 Å². The van der Waals surface area contributed by atoms with Crippen molar-refractivity contribution in [1.82, 2.24) is 20.1 Å². The minimum atomic E-state index is -0.771. The molecule has 1 amide bonds. The monoisotopic (exact) mass is 548 g/mol. The Morgan fingerprint density at radius 2 is 1.82 bits per heavy atom. The van der Waals surface area contributed by atoms with E-state index < -0.39 is 5.79 Å². The molecule has 2 aromatic rings. The summed E-state index contributed by atoms with van der Waals surface area (Å²) >= 11 is 0. The molecule has 1 aromatic carbocycles. The number of carbonyl (C=O) groups is 1. The first-order valence-electron chi connectivity index (χ1n) is 14.5. The minimum Gasteiger partial charge on any atom is -0.448 e. The lowest BCUT2D eigenvalue weighted by Crippen LogP contribution is -2.46. The molecule has 1 saturated carbocycles. The Morgan fingerprint density at radius 1 is 1.12 bits per heavy atom. The predicted octanol–water partition coefficient (Wildman–Crippen LogP) is 4.56. The number of ether oxygens (including phenoxy) is 2. The molecule has 8 heteroatoms. The molecule has 2 aliphatic heterocycles. The smallest absolute Gasteiger partial charge is 0.253 e. The molecule has 1 aliphatic carbocycles. The number of benzene rings is 1. The standard InChI is InChI=1S/C32H44N4O4/c1-19-16-20(2)34-31(38)27(19)18-33-30(37)25-17-26(22-12-14-36(7)15-13-22)29-28(21(25)3)39-32(4,40-29)23-8-10-24(11-9-23)35(5)6/h12,16-17,23-24H,8-11,13-15,18H2,1-7H3,(H,33,37)(H,34,38). The third kappa shape index (κ3) is 5.44. The molecule has 0 saturated heterocycles. The van der Waals surface area contributed by atoms with Crippen LogP contribution in [-0.2, 0) is 6.54 Å². The van der Waals surface area contributed by atoms with Crippen molar-refractivity contribution >= 4 is 11.5 Å². The van der Waals surface area contributed by atoms with Crippen LogP contribution in [0.3, 0.4) is 0 Å². The van der Waals surface area contributed by atoms with E-state index in [0.717, 1.165) is 73.3 Å². The number of pyridine rings is 1. The van der Waals surface area contributed by atoms with E-state index in [4.69, 9.17) is 9.47 Å². The topological polar surface area (TPSA) is 86.9 Å². The summed E-state index contributed by atoms with van der Waals surface area (Å²) in [7, 11) is 6.42. The van der Waals surface area contributed by atoms with Gasteiger partial charge >= 0.3 is 0 Å². The van der Waals surface area contributed by atoms with Crippen LogP contribution in [0.25, 0.3) is 5.57 Å². The lowest BCUT2D eigenvalue weighted by Gasteiger charge is -2.39. The number of nitrogens with one attached hydrogen (secondary N) is 2. The summed E-state index contributed by atoms with van der Waals surface area (Å²) in [6, 6.07) is 4.47. The maximum absolute atomic E-state index is 13.6. The molecule has 1 atom stereocenters. The number of rotatable bonds is 6. The van der Waals surface area contributed by atoms with E-state index in [0.29, 0.717) is 22.9 Å². The van der Waals surface area contributed by atoms with Gasteiger partial charge in [0, 0.05) is 66.5 Å². The molecule has 3 heterocycles. The second-order valence-corrected chi connectivity index (χ2v) is 12.3. The Kier molecular flexibility index (Phi) is 7.86. The van der Waals surface area contributed by atoms with Crippen molar-refractivity contribution in [1.29, 1.82) is 0 Å². The first-order chi connectivity index (χ1) is 19.0. The third-order valence-electron chi connectivity index (χ3n) is 9.18. The summed E-state index contributed by atoms with van der Waals surface area (Å²) in [5, 5.41) is 3.00. The zero-order chi connectivity index (χ0) is 28.8. The van der Waals surface area contributed by atoms with Gasteiger partial charge in [-0.1, -0.05) is 6.08 Å². The van der Waals surface area contributed by atoms with Crippen LogP contribution in [0.5, 0.6) is 11.5 Å². The van der Waals surface area contributed by atoms with Crippen molar-refractivity contribution in [3.63, 3.8) is 0 Å². The SMILES string of the molecule is Cc1cc(C)c(CNC(=O)c2cc(C3=CCN(C)CC3)c3c(c2C)OC(C)(C2CCC(N(C)C)CC2)O3)c(=O)[nH]1. The van der Waals surface area contributed by atoms with Gasteiger partial charge in [0.1, 0.15) is 0 Å². The highest BCUT2D eigenvalue weighted by atomic mass is 16.7. The number of aromatic amines is 1. The molecule has 5 rings (SSSR count). The molecule has 1 fully saturated rings. The number of hydrogen-bond donors (Lipinski definition) is 2. The van der Waals surface area contributed by atoms with Gasteiger partial charge in [0.05, 0.1) is 0 Å². The lowest BCUT2D eigenvalue weighted by molar-refractivity contribution is -0.123. The molecular formula is C32H44N4O4. The van der Waals surface area contributed by atoms with Crippen molar-refractivity contribution in [2.45, 2.75) is 78.2 Å². The van der Waals surface area contributed by atoms with Crippen LogP contribution in [-0.4, -0.2) is 66.8 Å². The summed E-state index contributed by atoms with van der Waals surface area (Å²) in [6.07, 6.45) is 7.40. The largest absolute Gasteiger partial charge is 0.448 e. The van der Waals surface area contributed by atoms with E-state index in [-0.39, 0.29) is 23.9 Å². The fourth-order valence-corrected chi connectivity index (χ4v) is 6.52. The van der Waals surface area contributed by atoms with Crippen LogP contribution in [0.4, 0.5) is 0 Å². The fourth-order valence-electron chi connectivity index (χ4n) is 6.52. The number of aryl methyl sites for hydroxylation is 2. The van der Waals surface area contributed by atoms with E-state index in [1.807, 2.05) is 32.9 Å². The summed E-state index contributed by atoms with van der Waals surface area (Å²) in [5.41, 5.74) is 5.50. The Balaban J connectivity index is 1.46. The number of likely N-dealkylation sites (N-methyl/N-ethyl adjacent to an activating group) is 1. The van der Waals surface area contributed by atoms with Crippen LogP contribution in [0.15, 0.2) is 23.0 Å². The molecule has 2 N–H and O–H groups in total. The van der Waals surface area contributed by atoms with Crippen molar-refractivity contribution in [2.75, 3.05) is 34.2 Å². The summed E-state index contributed by atoms with van der Waals surface area (Å²) in [5.74, 6) is 0.700. The van der Waals surface area contributed by atoms with Gasteiger partial charge in [-0.15, -0.1) is 0 Å². The van der Waals surface area contributed by atoms with Crippen LogP contribution in [0.2, 0.25) is 0 Å². The highest BCUT2D eigenvalue weighted by Gasteiger charge is 2.47. The number of H-pyrrole nitrogens is 1. The average Bonchev–Trinajstić information content (AvgIpc) is 3.28. The lowest BCUT2D eigenvalue weighted by atomic mass is 9.81. The molecule has 8 nitrogen and oxygen atoms in total. The van der Waals surface area contributed by atoms with Gasteiger partial charge in [0.25, 0.3) is 17.3 Å². The first kappa shape index (κ1) is 28.4. The van der Waals surface area contributed by atoms with E-state index in [2.05, 4.69) is 54.2 Å². The Bertz CT molecular complexity index is 1390. The minimum absolute atomic E-state index is 0.157. The van der Waals surface area contributed by atoms with Gasteiger partial charge in [-0.25, -0.2) is 0 Å². The van der Waals surface area contributed by atoms with E-state index >= 15 is 0 Å². The van der Waals surface area contributed by atoms with Crippen molar-refractivity contribution in [2.24, 2.45) is 5.92 Å². The van der Waals surface area contributed by atoms with Crippen LogP contribution in [0, 0.1) is 26.7 Å². The van der Waals surface area contributed by atoms with Crippen LogP contribution < -0.4 is 20.3 Å². The molecule has 1 aromatic heterocycles. The van der Waals surface area contributed by atoms with Crippen molar-refractivity contribution in [3.8, 4) is 11.5 Å². The highest BCUT2D eigenvalue weighted by molar-refractivity contribution is 5.98. The number of aromatic nitrogens is 1. The average molecular weight is 549 g/mol. The van der Waals surface area contributed by atoms with Gasteiger partial charge in [-0.3, -0.25) is 9.59 Å². The predicted molar refractivity (Wildman–Crippen MR) is 158 cm³/mol. The molecule has 216 valence electrons. The molecule has 40 heavy (non-hydrogen) atoms. The molecule has 1 unspecified atom stereocenters. The molecule has 0 spiro atoms. The summed E-state index contributed by atoms with van der Waals surface area (Å²) in [4.78, 5) is 33.6. The zero-order valence-electron chi connectivity index (χ0n) is 25.1. The van der Waals surface area contributed by atoms with Crippen molar-refractivity contribution in [3.05, 3.63) is 62.1 Å². The number of carbonyl (C=O) groups excluding carboxylic acids is 1. The van der Waals surface area contributed by atoms with E-state index in [1.165, 1.54) is 5.57 Å². The third-order valence-corrected chi connectivity index (χ3v) is 9.18. The van der Waals surface area contributed by atoms with Gasteiger partial charge in [-0.05, 0) is 97.3 Å². The maximum Gasteiger partial charge on any atom is 0.253 e. The molecule has 0 radical (unpaired) electrons. The summed E-state index contributed by atoms with van der Waals surface area (Å²) in [6.45, 7) is 9.69. The van der Waals surface area contributed by atoms with Gasteiger partial charge in [0.2, 0.25) is 0 Å². The maximum atomic E-state index is 13.6. The number of amides is 1. The highest BCUT2D eigenvalue weighted by Crippen LogP contribution is 2.52. The van der Waals surface area contributed by atoms with Crippen LogP contribution in [0.1, 0.15) is 77.3 Å². The Labute approximate surface area is 237 Å². The van der Waals surface area contributed by atoms with E-state index in [9.17, 15) is 9.59 Å². The Morgan fingerprint density at radius 3 is 2.45 bits per heavy atom. The second kappa shape index (κ2) is 11.1. The van der Waals surface area contributed by atoms with Crippen LogP contribution >= 0.6 is 0 Å². The Hall–Kier alpha value is -3.10. The van der Waals surface area contributed by atoms with Gasteiger partial charge in [-0.2, -0.15) is 0 Å². The van der Waals surface area contributed by atoms with Gasteiger partial charge < -0.3 is 29.6 Å². The zero-order valence-corrected chi connectivity index (χ0v) is 25.1. The van der Waals surface area contributed by atoms with E-state index in [1.54, 1.807) is 0 Å². The molecule has 0 bridgehead atoms.